The van der Waals surface area contributed by atoms with E-state index >= 15 is 0 Å². The molecule has 1 N–H and O–H groups in total. The molecule has 0 aromatic rings. The second kappa shape index (κ2) is 4.22. The summed E-state index contributed by atoms with van der Waals surface area (Å²) in [6.07, 6.45) is -3.94. The molecule has 1 heterocycles. The minimum absolute atomic E-state index is 0.202. The first-order chi connectivity index (χ1) is 6.33. The van der Waals surface area contributed by atoms with Crippen LogP contribution in [0.25, 0.3) is 0 Å². The first kappa shape index (κ1) is 12.0. The zero-order valence-corrected chi connectivity index (χ0v) is 8.02. The number of rotatable bonds is 3. The molecular formula is C7H10F5NS. The van der Waals surface area contributed by atoms with Crippen LogP contribution in [0.5, 0.6) is 0 Å². The lowest BCUT2D eigenvalue weighted by molar-refractivity contribution is -0.237. The summed E-state index contributed by atoms with van der Waals surface area (Å²) in [6, 6.07) is -0.215. The highest BCUT2D eigenvalue weighted by Crippen LogP contribution is 2.44. The van der Waals surface area contributed by atoms with Crippen molar-refractivity contribution in [3.8, 4) is 0 Å². The van der Waals surface area contributed by atoms with Gasteiger partial charge in [0.2, 0.25) is 0 Å². The summed E-state index contributed by atoms with van der Waals surface area (Å²) in [5.74, 6) is -0.202. The van der Waals surface area contributed by atoms with Gasteiger partial charge in [-0.05, 0) is 19.4 Å². The van der Waals surface area contributed by atoms with Crippen LogP contribution in [0.15, 0.2) is 0 Å². The molecule has 0 saturated carbocycles. The highest BCUT2D eigenvalue weighted by atomic mass is 32.2. The Hall–Kier alpha value is -0.0400. The fourth-order valence-electron chi connectivity index (χ4n) is 1.19. The molecule has 0 spiro atoms. The van der Waals surface area contributed by atoms with Gasteiger partial charge in [0.25, 0.3) is 0 Å². The van der Waals surface area contributed by atoms with Gasteiger partial charge in [-0.3, -0.25) is 0 Å². The maximum absolute atomic E-state index is 12.4. The molecule has 0 aromatic heterocycles. The molecule has 1 nitrogen and oxygen atoms in total. The lowest BCUT2D eigenvalue weighted by Crippen LogP contribution is -2.35. The van der Waals surface area contributed by atoms with Crippen LogP contribution in [-0.4, -0.2) is 29.8 Å². The highest BCUT2D eigenvalue weighted by Gasteiger charge is 2.58. The highest BCUT2D eigenvalue weighted by molar-refractivity contribution is 8.00. The van der Waals surface area contributed by atoms with E-state index in [1.54, 1.807) is 0 Å². The SMILES string of the molecule is FC(F)(F)C(F)(F)SCC1CCCN1. The average Bonchev–Trinajstić information content (AvgIpc) is 2.50. The Morgan fingerprint density at radius 2 is 1.86 bits per heavy atom. The topological polar surface area (TPSA) is 12.0 Å². The fraction of sp³-hybridized carbons (Fsp3) is 1.00. The van der Waals surface area contributed by atoms with E-state index in [1.807, 2.05) is 0 Å². The number of thioether (sulfide) groups is 1. The second-order valence-electron chi connectivity index (χ2n) is 3.12. The van der Waals surface area contributed by atoms with Crippen molar-refractivity contribution < 1.29 is 22.0 Å². The molecule has 1 atom stereocenters. The summed E-state index contributed by atoms with van der Waals surface area (Å²) in [5, 5.41) is -1.77. The van der Waals surface area contributed by atoms with Crippen molar-refractivity contribution in [2.75, 3.05) is 12.3 Å². The minimum Gasteiger partial charge on any atom is -0.313 e. The van der Waals surface area contributed by atoms with Crippen molar-refractivity contribution in [3.05, 3.63) is 0 Å². The normalized spacial score (nSPS) is 24.2. The molecule has 0 aromatic carbocycles. The second-order valence-corrected chi connectivity index (χ2v) is 4.25. The molecule has 0 aliphatic carbocycles. The maximum atomic E-state index is 12.4. The van der Waals surface area contributed by atoms with Gasteiger partial charge < -0.3 is 5.32 Å². The molecule has 1 aliphatic heterocycles. The predicted octanol–water partition coefficient (Wildman–Crippen LogP) is 2.63. The molecule has 0 bridgehead atoms. The standard InChI is InChI=1S/C7H10F5NS/c8-6(9,10)7(11,12)14-4-5-2-1-3-13-5/h5,13H,1-4H2. The molecule has 14 heavy (non-hydrogen) atoms. The van der Waals surface area contributed by atoms with E-state index in [9.17, 15) is 22.0 Å². The van der Waals surface area contributed by atoms with Gasteiger partial charge in [0, 0.05) is 11.8 Å². The Morgan fingerprint density at radius 1 is 1.21 bits per heavy atom. The summed E-state index contributed by atoms with van der Waals surface area (Å²) in [4.78, 5) is 0. The lowest BCUT2D eigenvalue weighted by Gasteiger charge is -2.20. The van der Waals surface area contributed by atoms with Crippen LogP contribution in [0.2, 0.25) is 0 Å². The van der Waals surface area contributed by atoms with Crippen molar-refractivity contribution in [2.45, 2.75) is 30.3 Å². The van der Waals surface area contributed by atoms with Crippen LogP contribution in [0.1, 0.15) is 12.8 Å². The van der Waals surface area contributed by atoms with Gasteiger partial charge >= 0.3 is 11.4 Å². The average molecular weight is 235 g/mol. The van der Waals surface area contributed by atoms with E-state index in [-0.39, 0.29) is 23.6 Å². The van der Waals surface area contributed by atoms with E-state index in [2.05, 4.69) is 5.32 Å². The first-order valence-corrected chi connectivity index (χ1v) is 5.13. The number of halogens is 5. The molecule has 84 valence electrons. The molecule has 0 amide bonds. The molecule has 1 rings (SSSR count). The zero-order valence-electron chi connectivity index (χ0n) is 7.20. The number of hydrogen-bond acceptors (Lipinski definition) is 2. The van der Waals surface area contributed by atoms with Gasteiger partial charge in [-0.1, -0.05) is 11.8 Å². The third-order valence-corrected chi connectivity index (χ3v) is 3.12. The number of alkyl halides is 5. The summed E-state index contributed by atoms with van der Waals surface area (Å²) in [7, 11) is 0. The number of hydrogen-bond donors (Lipinski definition) is 1. The van der Waals surface area contributed by atoms with Gasteiger partial charge in [-0.15, -0.1) is 0 Å². The summed E-state index contributed by atoms with van der Waals surface area (Å²) in [5.41, 5.74) is 0. The molecule has 1 fully saturated rings. The van der Waals surface area contributed by atoms with Crippen molar-refractivity contribution >= 4 is 11.8 Å². The van der Waals surface area contributed by atoms with Gasteiger partial charge in [0.05, 0.1) is 0 Å². The summed E-state index contributed by atoms with van der Waals surface area (Å²) < 4.78 is 59.9. The zero-order chi connectivity index (χ0) is 10.8. The van der Waals surface area contributed by atoms with Crippen LogP contribution in [-0.2, 0) is 0 Å². The Labute approximate surface area is 82.4 Å². The molecular weight excluding hydrogens is 225 g/mol. The fourth-order valence-corrected chi connectivity index (χ4v) is 2.04. The molecule has 1 saturated heterocycles. The molecule has 7 heteroatoms. The van der Waals surface area contributed by atoms with E-state index in [1.165, 1.54) is 0 Å². The quantitative estimate of drug-likeness (QED) is 0.755. The Balaban J connectivity index is 2.35. The Bertz CT molecular complexity index is 187. The van der Waals surface area contributed by atoms with E-state index in [0.29, 0.717) is 13.0 Å². The Morgan fingerprint density at radius 3 is 2.29 bits per heavy atom. The van der Waals surface area contributed by atoms with Crippen LogP contribution < -0.4 is 5.32 Å². The Kier molecular flexibility index (Phi) is 3.63. The monoisotopic (exact) mass is 235 g/mol. The van der Waals surface area contributed by atoms with Crippen LogP contribution in [0.4, 0.5) is 22.0 Å². The van der Waals surface area contributed by atoms with Crippen LogP contribution >= 0.6 is 11.8 Å². The third-order valence-electron chi connectivity index (χ3n) is 1.96. The van der Waals surface area contributed by atoms with E-state index in [0.717, 1.165) is 6.42 Å². The van der Waals surface area contributed by atoms with Gasteiger partial charge in [0.15, 0.2) is 0 Å². The first-order valence-electron chi connectivity index (χ1n) is 4.15. The van der Waals surface area contributed by atoms with E-state index < -0.39 is 11.4 Å². The van der Waals surface area contributed by atoms with Crippen LogP contribution in [0.3, 0.4) is 0 Å². The van der Waals surface area contributed by atoms with E-state index in [4.69, 9.17) is 0 Å². The van der Waals surface area contributed by atoms with Crippen molar-refractivity contribution in [2.24, 2.45) is 0 Å². The predicted molar refractivity (Wildman–Crippen MR) is 44.5 cm³/mol. The van der Waals surface area contributed by atoms with Gasteiger partial charge in [-0.2, -0.15) is 22.0 Å². The summed E-state index contributed by atoms with van der Waals surface area (Å²) in [6.45, 7) is 0.697. The maximum Gasteiger partial charge on any atom is 0.464 e. The van der Waals surface area contributed by atoms with Gasteiger partial charge in [-0.25, -0.2) is 0 Å². The molecule has 1 aliphatic rings. The number of nitrogens with one attached hydrogen (secondary N) is 1. The molecule has 1 unspecified atom stereocenters. The third kappa shape index (κ3) is 2.98. The smallest absolute Gasteiger partial charge is 0.313 e. The van der Waals surface area contributed by atoms with Crippen LogP contribution in [0, 0.1) is 0 Å². The molecule has 0 radical (unpaired) electrons. The minimum atomic E-state index is -5.45. The van der Waals surface area contributed by atoms with Gasteiger partial charge in [0.1, 0.15) is 0 Å². The van der Waals surface area contributed by atoms with Crippen molar-refractivity contribution in [1.29, 1.82) is 0 Å². The van der Waals surface area contributed by atoms with Crippen molar-refractivity contribution in [3.63, 3.8) is 0 Å². The summed E-state index contributed by atoms with van der Waals surface area (Å²) >= 11 is -0.338. The lowest BCUT2D eigenvalue weighted by atomic mass is 10.3. The largest absolute Gasteiger partial charge is 0.464 e. The van der Waals surface area contributed by atoms with Crippen molar-refractivity contribution in [1.82, 2.24) is 5.32 Å².